The summed E-state index contributed by atoms with van der Waals surface area (Å²) in [6.07, 6.45) is 1.40. The van der Waals surface area contributed by atoms with Crippen molar-refractivity contribution in [3.05, 3.63) is 77.4 Å². The molecule has 3 aromatic rings. The zero-order valence-electron chi connectivity index (χ0n) is 19.6. The minimum atomic E-state index is -0.375. The molecule has 3 N–H and O–H groups in total. The van der Waals surface area contributed by atoms with Gasteiger partial charge in [0, 0.05) is 24.3 Å². The van der Waals surface area contributed by atoms with Gasteiger partial charge in [-0.25, -0.2) is 0 Å². The molecule has 34 heavy (non-hydrogen) atoms. The first-order chi connectivity index (χ1) is 16.4. The molecule has 3 aromatic carbocycles. The largest absolute Gasteiger partial charge is 0.376 e. The van der Waals surface area contributed by atoms with Crippen LogP contribution in [0.1, 0.15) is 34.3 Å². The minimum absolute atomic E-state index is 0.0422. The molecule has 176 valence electrons. The number of piperidine rings is 1. The van der Waals surface area contributed by atoms with E-state index in [4.69, 9.17) is 0 Å². The third-order valence-corrected chi connectivity index (χ3v) is 6.25. The lowest BCUT2D eigenvalue weighted by Gasteiger charge is -2.32. The summed E-state index contributed by atoms with van der Waals surface area (Å²) in [5.74, 6) is -1.07. The Balaban J connectivity index is 1.30. The lowest BCUT2D eigenvalue weighted by molar-refractivity contribution is -0.131. The molecular weight excluding hydrogens is 428 g/mol. The van der Waals surface area contributed by atoms with E-state index >= 15 is 0 Å². The number of hydrogen-bond acceptors (Lipinski definition) is 4. The summed E-state index contributed by atoms with van der Waals surface area (Å²) in [6, 6.07) is 19.4. The molecule has 7 nitrogen and oxygen atoms in total. The minimum Gasteiger partial charge on any atom is -0.376 e. The molecule has 1 saturated heterocycles. The average molecular weight is 459 g/mol. The summed E-state index contributed by atoms with van der Waals surface area (Å²) >= 11 is 0. The van der Waals surface area contributed by atoms with Gasteiger partial charge in [-0.05, 0) is 55.2 Å². The maximum absolute atomic E-state index is 13.2. The van der Waals surface area contributed by atoms with Crippen LogP contribution in [0.4, 0.5) is 5.69 Å². The summed E-state index contributed by atoms with van der Waals surface area (Å²) in [6.45, 7) is 4.97. The summed E-state index contributed by atoms with van der Waals surface area (Å²) in [5, 5.41) is 5.00. The number of aryl methyl sites for hydroxylation is 2. The van der Waals surface area contributed by atoms with E-state index in [1.807, 2.05) is 74.5 Å². The van der Waals surface area contributed by atoms with E-state index in [-0.39, 0.29) is 30.2 Å². The van der Waals surface area contributed by atoms with Crippen molar-refractivity contribution in [1.29, 1.82) is 0 Å². The second-order valence-electron chi connectivity index (χ2n) is 8.83. The highest BCUT2D eigenvalue weighted by Gasteiger charge is 2.29. The molecule has 1 heterocycles. The van der Waals surface area contributed by atoms with Crippen molar-refractivity contribution in [1.82, 2.24) is 15.8 Å². The fraction of sp³-hybridized carbons (Fsp3) is 0.296. The van der Waals surface area contributed by atoms with E-state index in [2.05, 4.69) is 16.2 Å². The number of hydrazine groups is 1. The number of rotatable bonds is 5. The Hall–Kier alpha value is -3.87. The standard InChI is InChI=1S/C27H30N4O3/c1-18-12-13-24(19(2)15-18)28-16-25(32)29-30-26(33)21-9-6-14-31(17-21)27(34)23-11-5-8-20-7-3-4-10-22(20)23/h3-5,7-8,10-13,15,21,28H,6,9,14,16-17H2,1-2H3,(H,29,32)(H,30,33). The monoisotopic (exact) mass is 458 g/mol. The summed E-state index contributed by atoms with van der Waals surface area (Å²) in [7, 11) is 0. The van der Waals surface area contributed by atoms with E-state index in [1.54, 1.807) is 4.90 Å². The van der Waals surface area contributed by atoms with Crippen LogP contribution in [-0.4, -0.2) is 42.3 Å². The number of anilines is 1. The molecule has 7 heteroatoms. The van der Waals surface area contributed by atoms with Gasteiger partial charge >= 0.3 is 0 Å². The van der Waals surface area contributed by atoms with Gasteiger partial charge in [0.1, 0.15) is 0 Å². The first-order valence-corrected chi connectivity index (χ1v) is 11.6. The summed E-state index contributed by atoms with van der Waals surface area (Å²) < 4.78 is 0. The lowest BCUT2D eigenvalue weighted by atomic mass is 9.96. The Morgan fingerprint density at radius 2 is 1.76 bits per heavy atom. The molecule has 1 aliphatic heterocycles. The van der Waals surface area contributed by atoms with Crippen LogP contribution in [0.3, 0.4) is 0 Å². The molecule has 1 unspecified atom stereocenters. The topological polar surface area (TPSA) is 90.5 Å². The molecule has 0 aliphatic carbocycles. The SMILES string of the molecule is Cc1ccc(NCC(=O)NNC(=O)C2CCCN(C(=O)c3cccc4ccccc34)C2)c(C)c1. The van der Waals surface area contributed by atoms with Crippen LogP contribution in [0.5, 0.6) is 0 Å². The third-order valence-electron chi connectivity index (χ3n) is 6.25. The number of carbonyl (C=O) groups excluding carboxylic acids is 3. The van der Waals surface area contributed by atoms with E-state index in [0.29, 0.717) is 25.1 Å². The van der Waals surface area contributed by atoms with Crippen molar-refractivity contribution < 1.29 is 14.4 Å². The van der Waals surface area contributed by atoms with E-state index in [9.17, 15) is 14.4 Å². The number of amides is 3. The zero-order valence-corrected chi connectivity index (χ0v) is 19.6. The first-order valence-electron chi connectivity index (χ1n) is 11.6. The number of carbonyl (C=O) groups is 3. The smallest absolute Gasteiger partial charge is 0.257 e. The van der Waals surface area contributed by atoms with Crippen molar-refractivity contribution in [3.8, 4) is 0 Å². The Labute approximate surface area is 199 Å². The quantitative estimate of drug-likeness (QED) is 0.510. The molecular formula is C27H30N4O3. The Kier molecular flexibility index (Phi) is 7.11. The highest BCUT2D eigenvalue weighted by atomic mass is 16.2. The Morgan fingerprint density at radius 3 is 2.59 bits per heavy atom. The van der Waals surface area contributed by atoms with E-state index in [1.165, 1.54) is 0 Å². The third kappa shape index (κ3) is 5.36. The van der Waals surface area contributed by atoms with Gasteiger partial charge in [-0.2, -0.15) is 0 Å². The molecule has 0 radical (unpaired) electrons. The number of hydrogen-bond donors (Lipinski definition) is 3. The zero-order chi connectivity index (χ0) is 24.1. The van der Waals surface area contributed by atoms with Crippen molar-refractivity contribution in [2.75, 3.05) is 25.0 Å². The van der Waals surface area contributed by atoms with Gasteiger partial charge in [0.05, 0.1) is 12.5 Å². The number of nitrogens with one attached hydrogen (secondary N) is 3. The molecule has 1 atom stereocenters. The molecule has 0 saturated carbocycles. The molecule has 0 spiro atoms. The van der Waals surface area contributed by atoms with Crippen LogP contribution in [0.15, 0.2) is 60.7 Å². The lowest BCUT2D eigenvalue weighted by Crippen LogP contribution is -2.51. The van der Waals surface area contributed by atoms with Gasteiger partial charge in [0.15, 0.2) is 0 Å². The van der Waals surface area contributed by atoms with Gasteiger partial charge in [-0.1, -0.05) is 54.1 Å². The molecule has 0 aromatic heterocycles. The predicted molar refractivity (Wildman–Crippen MR) is 133 cm³/mol. The van der Waals surface area contributed by atoms with E-state index in [0.717, 1.165) is 34.0 Å². The van der Waals surface area contributed by atoms with Crippen LogP contribution < -0.4 is 16.2 Å². The van der Waals surface area contributed by atoms with E-state index < -0.39 is 0 Å². The van der Waals surface area contributed by atoms with Crippen molar-refractivity contribution in [2.45, 2.75) is 26.7 Å². The molecule has 0 bridgehead atoms. The summed E-state index contributed by atoms with van der Waals surface area (Å²) in [4.78, 5) is 39.9. The number of fused-ring (bicyclic) bond motifs is 1. The van der Waals surface area contributed by atoms with Crippen molar-refractivity contribution in [3.63, 3.8) is 0 Å². The summed E-state index contributed by atoms with van der Waals surface area (Å²) in [5.41, 5.74) is 8.73. The van der Waals surface area contributed by atoms with Crippen LogP contribution >= 0.6 is 0 Å². The number of nitrogens with zero attached hydrogens (tertiary/aromatic N) is 1. The number of likely N-dealkylation sites (tertiary alicyclic amines) is 1. The van der Waals surface area contributed by atoms with Crippen molar-refractivity contribution in [2.24, 2.45) is 5.92 Å². The molecule has 1 aliphatic rings. The molecule has 4 rings (SSSR count). The maximum atomic E-state index is 13.2. The maximum Gasteiger partial charge on any atom is 0.257 e. The van der Waals surface area contributed by atoms with Crippen LogP contribution in [0.25, 0.3) is 10.8 Å². The van der Waals surface area contributed by atoms with Gasteiger partial charge in [0.25, 0.3) is 11.8 Å². The molecule has 3 amide bonds. The van der Waals surface area contributed by atoms with Crippen molar-refractivity contribution >= 4 is 34.2 Å². The first kappa shape index (κ1) is 23.3. The highest BCUT2D eigenvalue weighted by Crippen LogP contribution is 2.23. The van der Waals surface area contributed by atoms with Crippen LogP contribution in [-0.2, 0) is 9.59 Å². The second-order valence-corrected chi connectivity index (χ2v) is 8.83. The second kappa shape index (κ2) is 10.4. The fourth-order valence-electron chi connectivity index (χ4n) is 4.42. The van der Waals surface area contributed by atoms with Crippen LogP contribution in [0.2, 0.25) is 0 Å². The van der Waals surface area contributed by atoms with Gasteiger partial charge in [-0.3, -0.25) is 25.2 Å². The number of benzene rings is 3. The fourth-order valence-corrected chi connectivity index (χ4v) is 4.42. The van der Waals surface area contributed by atoms with Crippen LogP contribution in [0, 0.1) is 19.8 Å². The normalized spacial score (nSPS) is 15.6. The Bertz CT molecular complexity index is 1220. The average Bonchev–Trinajstić information content (AvgIpc) is 2.86. The van der Waals surface area contributed by atoms with Gasteiger partial charge < -0.3 is 10.2 Å². The van der Waals surface area contributed by atoms with Gasteiger partial charge in [0.2, 0.25) is 5.91 Å². The Morgan fingerprint density at radius 1 is 0.971 bits per heavy atom. The highest BCUT2D eigenvalue weighted by molar-refractivity contribution is 6.07. The predicted octanol–water partition coefficient (Wildman–Crippen LogP) is 3.57. The molecule has 1 fully saturated rings. The van der Waals surface area contributed by atoms with Gasteiger partial charge in [-0.15, -0.1) is 0 Å².